The summed E-state index contributed by atoms with van der Waals surface area (Å²) in [4.78, 5) is 9.37. The zero-order chi connectivity index (χ0) is 15.9. The molecular weight excluding hydrogens is 284 g/mol. The number of hydrogen-bond acceptors (Lipinski definition) is 4. The van der Waals surface area contributed by atoms with Crippen molar-refractivity contribution in [1.29, 1.82) is 0 Å². The Balaban J connectivity index is 1.58. The van der Waals surface area contributed by atoms with E-state index >= 15 is 0 Å². The van der Waals surface area contributed by atoms with Crippen molar-refractivity contribution in [3.63, 3.8) is 0 Å². The Kier molecular flexibility index (Phi) is 5.75. The van der Waals surface area contributed by atoms with E-state index in [9.17, 15) is 0 Å². The molecule has 23 heavy (non-hydrogen) atoms. The molecule has 1 fully saturated rings. The molecule has 4 nitrogen and oxygen atoms in total. The first kappa shape index (κ1) is 16.1. The Morgan fingerprint density at radius 3 is 2.43 bits per heavy atom. The van der Waals surface area contributed by atoms with Gasteiger partial charge in [-0.25, -0.2) is 0 Å². The van der Waals surface area contributed by atoms with Gasteiger partial charge in [0.05, 0.1) is 0 Å². The average Bonchev–Trinajstić information content (AvgIpc) is 2.62. The quantitative estimate of drug-likeness (QED) is 0.889. The first-order valence-corrected chi connectivity index (χ1v) is 8.47. The maximum atomic E-state index is 5.85. The third-order valence-electron chi connectivity index (χ3n) is 4.61. The van der Waals surface area contributed by atoms with Gasteiger partial charge in [0.25, 0.3) is 0 Å². The van der Waals surface area contributed by atoms with Gasteiger partial charge in [-0.2, -0.15) is 0 Å². The molecule has 0 spiro atoms. The zero-order valence-electron chi connectivity index (χ0n) is 13.6. The van der Waals surface area contributed by atoms with Crippen LogP contribution in [0.3, 0.4) is 0 Å². The molecular formula is C19H26N4. The molecule has 1 unspecified atom stereocenters. The number of pyridine rings is 1. The van der Waals surface area contributed by atoms with E-state index in [1.807, 2.05) is 18.5 Å². The number of benzene rings is 1. The molecule has 4 heteroatoms. The van der Waals surface area contributed by atoms with E-state index < -0.39 is 0 Å². The summed E-state index contributed by atoms with van der Waals surface area (Å²) in [5.41, 5.74) is 8.53. The van der Waals surface area contributed by atoms with Crippen molar-refractivity contribution >= 4 is 0 Å². The van der Waals surface area contributed by atoms with E-state index in [1.165, 1.54) is 11.1 Å². The topological polar surface area (TPSA) is 45.4 Å². The van der Waals surface area contributed by atoms with Crippen LogP contribution in [-0.4, -0.2) is 47.5 Å². The molecule has 0 bridgehead atoms. The van der Waals surface area contributed by atoms with Crippen LogP contribution in [0.4, 0.5) is 0 Å². The van der Waals surface area contributed by atoms with Crippen molar-refractivity contribution in [3.05, 3.63) is 66.0 Å². The summed E-state index contributed by atoms with van der Waals surface area (Å²) < 4.78 is 0. The lowest BCUT2D eigenvalue weighted by molar-refractivity contribution is 0.0885. The summed E-state index contributed by atoms with van der Waals surface area (Å²) in [5, 5.41) is 0. The monoisotopic (exact) mass is 310 g/mol. The standard InChI is InChI=1S/C19H26N4/c20-9-8-19(18-7-4-10-21-15-18)23-13-11-22(12-14-23)16-17-5-2-1-3-6-17/h1-7,10,15,19H,8-9,11-14,16,20H2. The third kappa shape index (κ3) is 4.38. The summed E-state index contributed by atoms with van der Waals surface area (Å²) in [6, 6.07) is 15.3. The molecule has 0 aliphatic carbocycles. The zero-order valence-corrected chi connectivity index (χ0v) is 13.6. The Morgan fingerprint density at radius 1 is 1.00 bits per heavy atom. The van der Waals surface area contributed by atoms with Crippen molar-refractivity contribution in [2.75, 3.05) is 32.7 Å². The van der Waals surface area contributed by atoms with E-state index in [0.29, 0.717) is 12.6 Å². The summed E-state index contributed by atoms with van der Waals surface area (Å²) >= 11 is 0. The van der Waals surface area contributed by atoms with Crippen LogP contribution in [0.15, 0.2) is 54.9 Å². The fourth-order valence-corrected chi connectivity index (χ4v) is 3.37. The van der Waals surface area contributed by atoms with Crippen LogP contribution in [-0.2, 0) is 6.54 Å². The highest BCUT2D eigenvalue weighted by atomic mass is 15.3. The fraction of sp³-hybridized carbons (Fsp3) is 0.421. The number of nitrogens with zero attached hydrogens (tertiary/aromatic N) is 3. The van der Waals surface area contributed by atoms with E-state index in [-0.39, 0.29) is 0 Å². The van der Waals surface area contributed by atoms with Crippen LogP contribution in [0.25, 0.3) is 0 Å². The number of rotatable bonds is 6. The predicted octanol–water partition coefficient (Wildman–Crippen LogP) is 2.29. The smallest absolute Gasteiger partial charge is 0.0376 e. The first-order valence-electron chi connectivity index (χ1n) is 8.47. The van der Waals surface area contributed by atoms with Gasteiger partial charge >= 0.3 is 0 Å². The maximum Gasteiger partial charge on any atom is 0.0376 e. The normalized spacial score (nSPS) is 18.0. The number of hydrogen-bond donors (Lipinski definition) is 1. The Morgan fingerprint density at radius 2 is 1.78 bits per heavy atom. The van der Waals surface area contributed by atoms with Gasteiger partial charge in [-0.3, -0.25) is 14.8 Å². The minimum absolute atomic E-state index is 0.396. The SMILES string of the molecule is NCCC(c1cccnc1)N1CCN(Cc2ccccc2)CC1. The predicted molar refractivity (Wildman–Crippen MR) is 93.9 cm³/mol. The van der Waals surface area contributed by atoms with Gasteiger partial charge in [0, 0.05) is 51.2 Å². The van der Waals surface area contributed by atoms with E-state index in [1.54, 1.807) is 0 Å². The highest BCUT2D eigenvalue weighted by Gasteiger charge is 2.24. The molecule has 1 aromatic carbocycles. The maximum absolute atomic E-state index is 5.85. The minimum Gasteiger partial charge on any atom is -0.330 e. The van der Waals surface area contributed by atoms with E-state index in [0.717, 1.165) is 39.1 Å². The van der Waals surface area contributed by atoms with Gasteiger partial charge in [-0.1, -0.05) is 36.4 Å². The molecule has 1 atom stereocenters. The van der Waals surface area contributed by atoms with Crippen LogP contribution >= 0.6 is 0 Å². The molecule has 2 aromatic rings. The molecule has 0 saturated carbocycles. The second-order valence-electron chi connectivity index (χ2n) is 6.18. The van der Waals surface area contributed by atoms with Crippen LogP contribution < -0.4 is 5.73 Å². The van der Waals surface area contributed by atoms with Crippen molar-refractivity contribution in [1.82, 2.24) is 14.8 Å². The molecule has 0 amide bonds. The molecule has 2 N–H and O–H groups in total. The summed E-state index contributed by atoms with van der Waals surface area (Å²) in [6.07, 6.45) is 4.81. The number of nitrogens with two attached hydrogens (primary N) is 1. The second kappa shape index (κ2) is 8.20. The second-order valence-corrected chi connectivity index (χ2v) is 6.18. The van der Waals surface area contributed by atoms with Crippen LogP contribution in [0.2, 0.25) is 0 Å². The summed E-state index contributed by atoms with van der Waals surface area (Å²) in [6.45, 7) is 6.15. The molecule has 0 radical (unpaired) electrons. The van der Waals surface area contributed by atoms with Gasteiger partial charge in [-0.05, 0) is 30.2 Å². The summed E-state index contributed by atoms with van der Waals surface area (Å²) in [7, 11) is 0. The Bertz CT molecular complexity index is 564. The third-order valence-corrected chi connectivity index (χ3v) is 4.61. The molecule has 3 rings (SSSR count). The van der Waals surface area contributed by atoms with Crippen molar-refractivity contribution in [2.45, 2.75) is 19.0 Å². The van der Waals surface area contributed by atoms with Crippen LogP contribution in [0.5, 0.6) is 0 Å². The summed E-state index contributed by atoms with van der Waals surface area (Å²) in [5.74, 6) is 0. The largest absolute Gasteiger partial charge is 0.330 e. The molecule has 1 aliphatic rings. The lowest BCUT2D eigenvalue weighted by Crippen LogP contribution is -2.47. The van der Waals surface area contributed by atoms with Gasteiger partial charge < -0.3 is 5.73 Å². The van der Waals surface area contributed by atoms with Crippen molar-refractivity contribution < 1.29 is 0 Å². The fourth-order valence-electron chi connectivity index (χ4n) is 3.37. The van der Waals surface area contributed by atoms with Gasteiger partial charge in [0.2, 0.25) is 0 Å². The lowest BCUT2D eigenvalue weighted by Gasteiger charge is -2.39. The highest BCUT2D eigenvalue weighted by Crippen LogP contribution is 2.24. The average molecular weight is 310 g/mol. The molecule has 1 aromatic heterocycles. The molecule has 122 valence electrons. The minimum atomic E-state index is 0.396. The first-order chi connectivity index (χ1) is 11.4. The Hall–Kier alpha value is -1.75. The van der Waals surface area contributed by atoms with Crippen molar-refractivity contribution in [2.24, 2.45) is 5.73 Å². The van der Waals surface area contributed by atoms with Crippen LogP contribution in [0.1, 0.15) is 23.6 Å². The number of piperazine rings is 1. The van der Waals surface area contributed by atoms with E-state index in [4.69, 9.17) is 5.73 Å². The van der Waals surface area contributed by atoms with E-state index in [2.05, 4.69) is 51.2 Å². The van der Waals surface area contributed by atoms with Gasteiger partial charge in [-0.15, -0.1) is 0 Å². The number of aromatic nitrogens is 1. The highest BCUT2D eigenvalue weighted by molar-refractivity contribution is 5.16. The molecule has 1 saturated heterocycles. The van der Waals surface area contributed by atoms with Gasteiger partial charge in [0.1, 0.15) is 0 Å². The van der Waals surface area contributed by atoms with Crippen molar-refractivity contribution in [3.8, 4) is 0 Å². The molecule has 2 heterocycles. The van der Waals surface area contributed by atoms with Gasteiger partial charge in [0.15, 0.2) is 0 Å². The van der Waals surface area contributed by atoms with Crippen LogP contribution in [0, 0.1) is 0 Å². The lowest BCUT2D eigenvalue weighted by atomic mass is 10.0. The Labute approximate surface area is 138 Å². The molecule has 1 aliphatic heterocycles.